The molecule has 7 rings (SSSR count). The molecule has 3 aromatic carbocycles. The molecule has 2 fully saturated rings. The second kappa shape index (κ2) is 9.12. The van der Waals surface area contributed by atoms with Crippen LogP contribution in [0.1, 0.15) is 64.5 Å². The molecule has 4 amide bonds. The molecular weight excluding hydrogens is 488 g/mol. The minimum Gasteiger partial charge on any atom is -0.356 e. The summed E-state index contributed by atoms with van der Waals surface area (Å²) in [6.45, 7) is 2.03. The maximum absolute atomic E-state index is 14.2. The number of aromatic amines is 1. The standard InChI is InChI=1S/C32H30N4O3/c1-19-14-16-20(17-15-19)29-28-24(22-10-4-6-12-25(22)34-28)18-27-31(38)36(32(39)35(27)29)26-13-7-5-11-23(26)30(37)33-21-8-2-3-9-21/h4-7,10-17,21,27,29,34H,2-3,8-9,18H2,1H3,(H,33,37)/t27-,29?/m0/s1. The van der Waals surface area contributed by atoms with Gasteiger partial charge in [-0.25, -0.2) is 9.69 Å². The quantitative estimate of drug-likeness (QED) is 0.343. The monoisotopic (exact) mass is 518 g/mol. The number of aromatic nitrogens is 1. The average molecular weight is 519 g/mol. The first-order valence-electron chi connectivity index (χ1n) is 13.7. The topological polar surface area (TPSA) is 85.5 Å². The number of fused-ring (bicyclic) bond motifs is 4. The van der Waals surface area contributed by atoms with Crippen LogP contribution in [-0.2, 0) is 11.2 Å². The Morgan fingerprint density at radius 1 is 0.923 bits per heavy atom. The number of H-pyrrole nitrogens is 1. The number of anilines is 1. The number of nitrogens with one attached hydrogen (secondary N) is 2. The smallest absolute Gasteiger partial charge is 0.332 e. The fourth-order valence-corrected chi connectivity index (χ4v) is 6.59. The Bertz CT molecular complexity index is 1620. The van der Waals surface area contributed by atoms with Crippen LogP contribution in [-0.4, -0.2) is 39.8 Å². The van der Waals surface area contributed by atoms with Crippen LogP contribution in [0.5, 0.6) is 0 Å². The maximum Gasteiger partial charge on any atom is 0.332 e. The van der Waals surface area contributed by atoms with Gasteiger partial charge >= 0.3 is 6.03 Å². The van der Waals surface area contributed by atoms with Gasteiger partial charge in [0.15, 0.2) is 0 Å². The van der Waals surface area contributed by atoms with Gasteiger partial charge in [0.2, 0.25) is 0 Å². The molecule has 39 heavy (non-hydrogen) atoms. The first kappa shape index (κ1) is 23.7. The molecule has 2 N–H and O–H groups in total. The summed E-state index contributed by atoms with van der Waals surface area (Å²) >= 11 is 0. The summed E-state index contributed by atoms with van der Waals surface area (Å²) in [6.07, 6.45) is 4.52. The number of para-hydroxylation sites is 2. The number of hydrogen-bond donors (Lipinski definition) is 2. The minimum atomic E-state index is -0.665. The molecule has 3 aliphatic rings. The lowest BCUT2D eigenvalue weighted by Gasteiger charge is -2.36. The summed E-state index contributed by atoms with van der Waals surface area (Å²) in [5, 5.41) is 4.18. The molecule has 0 radical (unpaired) electrons. The summed E-state index contributed by atoms with van der Waals surface area (Å²) < 4.78 is 0. The largest absolute Gasteiger partial charge is 0.356 e. The van der Waals surface area contributed by atoms with Gasteiger partial charge in [-0.05, 0) is 49.1 Å². The number of amides is 4. The molecule has 1 unspecified atom stereocenters. The molecule has 1 aliphatic carbocycles. The summed E-state index contributed by atoms with van der Waals surface area (Å²) in [4.78, 5) is 48.1. The number of urea groups is 1. The van der Waals surface area contributed by atoms with Gasteiger partial charge in [0.1, 0.15) is 12.1 Å². The van der Waals surface area contributed by atoms with Crippen LogP contribution in [0.3, 0.4) is 0 Å². The van der Waals surface area contributed by atoms with Crippen molar-refractivity contribution in [2.45, 2.75) is 57.2 Å². The molecule has 7 nitrogen and oxygen atoms in total. The van der Waals surface area contributed by atoms with Crippen molar-refractivity contribution in [2.24, 2.45) is 0 Å². The minimum absolute atomic E-state index is 0.131. The number of rotatable bonds is 4. The molecule has 0 spiro atoms. The van der Waals surface area contributed by atoms with Crippen LogP contribution in [0, 0.1) is 6.92 Å². The first-order valence-corrected chi connectivity index (χ1v) is 13.7. The molecule has 1 saturated heterocycles. The molecule has 2 atom stereocenters. The highest BCUT2D eigenvalue weighted by atomic mass is 16.2. The second-order valence-corrected chi connectivity index (χ2v) is 10.9. The molecule has 7 heteroatoms. The van der Waals surface area contributed by atoms with Crippen LogP contribution in [0.2, 0.25) is 0 Å². The zero-order valence-corrected chi connectivity index (χ0v) is 21.8. The Balaban J connectivity index is 1.32. The Kier molecular flexibility index (Phi) is 5.54. The summed E-state index contributed by atoms with van der Waals surface area (Å²) in [7, 11) is 0. The zero-order valence-electron chi connectivity index (χ0n) is 21.8. The van der Waals surface area contributed by atoms with Crippen molar-refractivity contribution in [3.8, 4) is 0 Å². The SMILES string of the molecule is Cc1ccc(C2c3[nH]c4ccccc4c3C[C@H]3C(=O)N(c4ccccc4C(=O)NC4CCCC4)C(=O)N23)cc1. The molecule has 196 valence electrons. The molecule has 4 aromatic rings. The number of aryl methyl sites for hydroxylation is 1. The van der Waals surface area contributed by atoms with Gasteiger partial charge in [0.25, 0.3) is 11.8 Å². The van der Waals surface area contributed by atoms with Crippen molar-refractivity contribution < 1.29 is 14.4 Å². The Hall–Kier alpha value is -4.39. The number of carbonyl (C=O) groups is 3. The molecular formula is C32H30N4O3. The number of hydrogen-bond acceptors (Lipinski definition) is 3. The summed E-state index contributed by atoms with van der Waals surface area (Å²) in [5.41, 5.74) is 5.74. The second-order valence-electron chi connectivity index (χ2n) is 10.9. The third-order valence-corrected chi connectivity index (χ3v) is 8.52. The van der Waals surface area contributed by atoms with Crippen molar-refractivity contribution >= 4 is 34.4 Å². The van der Waals surface area contributed by atoms with E-state index in [0.29, 0.717) is 17.7 Å². The maximum atomic E-state index is 14.2. The van der Waals surface area contributed by atoms with E-state index in [1.54, 1.807) is 29.2 Å². The third-order valence-electron chi connectivity index (χ3n) is 8.52. The molecule has 1 aromatic heterocycles. The van der Waals surface area contributed by atoms with Gasteiger partial charge in [-0.3, -0.25) is 14.5 Å². The van der Waals surface area contributed by atoms with Crippen molar-refractivity contribution in [3.05, 3.63) is 101 Å². The lowest BCUT2D eigenvalue weighted by molar-refractivity contribution is -0.120. The Morgan fingerprint density at radius 3 is 2.44 bits per heavy atom. The van der Waals surface area contributed by atoms with E-state index in [9.17, 15) is 14.4 Å². The van der Waals surface area contributed by atoms with Crippen LogP contribution in [0.25, 0.3) is 10.9 Å². The van der Waals surface area contributed by atoms with Crippen LogP contribution in [0.15, 0.2) is 72.8 Å². The van der Waals surface area contributed by atoms with Crippen molar-refractivity contribution in [3.63, 3.8) is 0 Å². The van der Waals surface area contributed by atoms with Gasteiger partial charge in [-0.15, -0.1) is 0 Å². The van der Waals surface area contributed by atoms with E-state index in [1.165, 1.54) is 4.90 Å². The van der Waals surface area contributed by atoms with E-state index in [-0.39, 0.29) is 17.9 Å². The van der Waals surface area contributed by atoms with Crippen molar-refractivity contribution in [1.82, 2.24) is 15.2 Å². The van der Waals surface area contributed by atoms with Crippen LogP contribution in [0.4, 0.5) is 10.5 Å². The lowest BCUT2D eigenvalue weighted by atomic mass is 9.88. The summed E-state index contributed by atoms with van der Waals surface area (Å²) in [5.74, 6) is -0.538. The fourth-order valence-electron chi connectivity index (χ4n) is 6.59. The van der Waals surface area contributed by atoms with Gasteiger partial charge in [0.05, 0.1) is 11.3 Å². The normalized spacial score (nSPS) is 20.9. The Labute approximate surface area is 226 Å². The van der Waals surface area contributed by atoms with Gasteiger partial charge in [-0.2, -0.15) is 0 Å². The first-order chi connectivity index (χ1) is 19.0. The highest BCUT2D eigenvalue weighted by Crippen LogP contribution is 2.45. The zero-order chi connectivity index (χ0) is 26.7. The van der Waals surface area contributed by atoms with Crippen LogP contribution >= 0.6 is 0 Å². The highest BCUT2D eigenvalue weighted by Gasteiger charge is 2.53. The number of nitrogens with zero attached hydrogens (tertiary/aromatic N) is 2. The predicted molar refractivity (Wildman–Crippen MR) is 150 cm³/mol. The van der Waals surface area contributed by atoms with E-state index in [2.05, 4.69) is 16.4 Å². The lowest BCUT2D eigenvalue weighted by Crippen LogP contribution is -2.44. The highest BCUT2D eigenvalue weighted by molar-refractivity contribution is 6.24. The van der Waals surface area contributed by atoms with E-state index >= 15 is 0 Å². The van der Waals surface area contributed by atoms with E-state index < -0.39 is 18.1 Å². The number of carbonyl (C=O) groups excluding carboxylic acids is 3. The average Bonchev–Trinajstić information content (AvgIpc) is 3.65. The fraction of sp³-hybridized carbons (Fsp3) is 0.281. The van der Waals surface area contributed by atoms with Crippen LogP contribution < -0.4 is 10.2 Å². The molecule has 3 heterocycles. The Morgan fingerprint density at radius 2 is 1.64 bits per heavy atom. The van der Waals surface area contributed by atoms with E-state index in [1.807, 2.05) is 49.4 Å². The van der Waals surface area contributed by atoms with Gasteiger partial charge in [-0.1, -0.05) is 73.0 Å². The van der Waals surface area contributed by atoms with Crippen molar-refractivity contribution in [1.29, 1.82) is 0 Å². The van der Waals surface area contributed by atoms with Crippen molar-refractivity contribution in [2.75, 3.05) is 4.90 Å². The van der Waals surface area contributed by atoms with E-state index in [4.69, 9.17) is 0 Å². The third kappa shape index (κ3) is 3.75. The molecule has 0 bridgehead atoms. The molecule has 1 saturated carbocycles. The summed E-state index contributed by atoms with van der Waals surface area (Å²) in [6, 6.07) is 21.8. The number of benzene rings is 3. The van der Waals surface area contributed by atoms with E-state index in [0.717, 1.165) is 59.0 Å². The molecule has 2 aliphatic heterocycles. The predicted octanol–water partition coefficient (Wildman–Crippen LogP) is 5.63. The van der Waals surface area contributed by atoms with Gasteiger partial charge in [0, 0.05) is 29.1 Å². The number of imide groups is 1. The van der Waals surface area contributed by atoms with Gasteiger partial charge < -0.3 is 10.3 Å².